The predicted octanol–water partition coefficient (Wildman–Crippen LogP) is 18.6. The Kier molecular flexibility index (Phi) is 53.3. The molecule has 0 aliphatic rings. The number of ketones is 1. The predicted molar refractivity (Wildman–Crippen MR) is 478 cm³/mol. The molecule has 0 saturated heterocycles. The number of phenolic OH excluding ortho intramolecular Hbond substituents is 1. The maximum absolute atomic E-state index is 13.1. The number of halogens is 9. The van der Waals surface area contributed by atoms with Crippen LogP contribution < -0.4 is 40.2 Å². The summed E-state index contributed by atoms with van der Waals surface area (Å²) >= 11 is 13.6. The second kappa shape index (κ2) is 58.7. The van der Waals surface area contributed by atoms with E-state index in [2.05, 4.69) is 74.5 Å². The van der Waals surface area contributed by atoms with Crippen molar-refractivity contribution in [1.29, 1.82) is 0 Å². The van der Waals surface area contributed by atoms with Crippen molar-refractivity contribution in [3.8, 4) is 28.7 Å². The first-order valence-electron chi connectivity index (χ1n) is 35.0. The van der Waals surface area contributed by atoms with Crippen molar-refractivity contribution >= 4 is 185 Å². The monoisotopic (exact) mass is 1960 g/mol. The molecule has 0 aliphatic carbocycles. The molecule has 0 saturated carbocycles. The van der Waals surface area contributed by atoms with Gasteiger partial charge in [0.2, 0.25) is 5.75 Å². The van der Waals surface area contributed by atoms with Gasteiger partial charge in [0.15, 0.2) is 0 Å². The first-order valence-corrected chi connectivity index (χ1v) is 38.1. The number of carboxylic acid groups (broad SMARTS) is 4. The summed E-state index contributed by atoms with van der Waals surface area (Å²) in [4.78, 5) is 110. The number of aromatic hydroxyl groups is 1. The molecule has 0 spiro atoms. The van der Waals surface area contributed by atoms with Gasteiger partial charge in [0.1, 0.15) is 57.8 Å². The Morgan fingerprint density at radius 2 is 0.829 bits per heavy atom. The van der Waals surface area contributed by atoms with Crippen molar-refractivity contribution in [2.45, 2.75) is 74.7 Å². The van der Waals surface area contributed by atoms with Crippen molar-refractivity contribution in [1.82, 2.24) is 9.13 Å². The van der Waals surface area contributed by atoms with Crippen LogP contribution in [-0.2, 0) is 41.6 Å². The molecule has 11 rings (SSSR count). The third kappa shape index (κ3) is 38.4. The number of anilines is 3. The van der Waals surface area contributed by atoms with Crippen LogP contribution in [0.5, 0.6) is 28.7 Å². The summed E-state index contributed by atoms with van der Waals surface area (Å²) in [5.41, 5.74) is 9.33. The SMILES string of the molecule is BrB(Br)Br.C.C/C=N/N(C(=O)c1ccc(F)cc1)c1ccc(OC)cc1.C/C=N/Nc1ccc(OC)cc1.CC(=O)CCC(=O)O.CC(=O)O.COc1ccc(N(N)C(=O)c2ccc(F)cc2)cc1.COc1ccc2c(c1)c(CC(=O)O)c(C)n2C(=O)c1ccc(F)cc1.Cc1c(CC(=O)O)c2cc(O)ccc2n1C(=O)c1ccc(F)cc1.Cl.O=CCl.[Ar]. The molecule has 11 aromatic rings. The van der Waals surface area contributed by atoms with E-state index in [0.29, 0.717) is 89.6 Å². The molecule has 123 heavy (non-hydrogen) atoms. The minimum absolute atomic E-state index is 0. The molecule has 0 atom stereocenters. The van der Waals surface area contributed by atoms with Crippen LogP contribution in [0.4, 0.5) is 34.6 Å². The first-order chi connectivity index (χ1) is 56.9. The van der Waals surface area contributed by atoms with Gasteiger partial charge in [-0.05, 0) is 264 Å². The molecule has 0 bridgehead atoms. The summed E-state index contributed by atoms with van der Waals surface area (Å²) in [6, 6.07) is 51.8. The van der Waals surface area contributed by atoms with Crippen molar-refractivity contribution in [3.05, 3.63) is 274 Å². The molecule has 656 valence electrons. The Labute approximate surface area is 772 Å². The van der Waals surface area contributed by atoms with Crippen LogP contribution in [0.25, 0.3) is 21.8 Å². The van der Waals surface area contributed by atoms with Gasteiger partial charge in [-0.15, -0.1) is 59.7 Å². The number of phenols is 1. The number of Topliss-reactive ketones (excluding diaryl/α,β-unsaturated/α-hetero) is 1. The van der Waals surface area contributed by atoms with E-state index in [9.17, 15) is 66.1 Å². The summed E-state index contributed by atoms with van der Waals surface area (Å²) in [7, 11) is 6.29. The van der Waals surface area contributed by atoms with E-state index in [4.69, 9.17) is 49.7 Å². The molecular weight excluding hydrogens is 1870 g/mol. The van der Waals surface area contributed by atoms with Crippen LogP contribution in [0, 0.1) is 74.9 Å². The number of aromatic nitrogens is 2. The van der Waals surface area contributed by atoms with E-state index in [0.717, 1.165) is 23.4 Å². The number of hydrazine groups is 1. The van der Waals surface area contributed by atoms with Crippen molar-refractivity contribution in [2.75, 3.05) is 43.9 Å². The standard InChI is InChI=1S/C19H16FNO4.C18H14FNO4.C16H15FN2O2.C14H13FN2O2.C9H12N2O.C5H8O3.C2H4O2.CHClO.CH4.Ar.BBr3.ClH/c1-11-15(10-18(22)23)16-9-14(25-2)7-8-17(16)21(11)19(24)12-3-5-13(20)6-4-12;1-10-14(9-17(22)23)15-8-13(21)6-7-16(15)20(10)18(24)11-2-4-12(19)5-3-11;1-3-18-19(14-8-10-15(21-2)11-9-14)16(20)12-4-6-13(17)7-5-12;1-19-13-8-6-12(7-9-13)17(16)14(18)10-2-4-11(15)5-3-10;1-3-10-11-8-4-6-9(12-2)7-5-8;1-4(6)2-3-5(7)8;1-2(3)4;2-1-3;;;2-1(3)4;/h3-9H,10H2,1-2H3,(H,22,23);2-8,21H,9H2,1H3,(H,22,23);3-11H,1-2H3;2-9H,16H2,1H3;3-7,11H,1-2H3;2-3H2,1H3,(H,7,8);1H3,(H,3,4);1H;1H4;;;1H/b;;18-3+;;10-3+;;;;;;;. The molecule has 9 aromatic carbocycles. The summed E-state index contributed by atoms with van der Waals surface area (Å²) in [6.45, 7) is 9.39. The largest absolute Gasteiger partial charge is 0.508 e. The molecule has 0 unspecified atom stereocenters. The number of carboxylic acids is 4. The Morgan fingerprint density at radius 3 is 1.15 bits per heavy atom. The first kappa shape index (κ1) is 112. The third-order valence-electron chi connectivity index (χ3n) is 15.7. The van der Waals surface area contributed by atoms with E-state index in [-0.39, 0.29) is 133 Å². The Bertz CT molecular complexity index is 5280. The summed E-state index contributed by atoms with van der Waals surface area (Å²) in [5.74, 6) is 1.76. The number of carbonyl (C=O) groups excluding carboxylic acids is 6. The number of nitrogens with zero attached hydrogens (tertiary/aromatic N) is 6. The number of carbonyl (C=O) groups is 10. The number of amides is 2. The van der Waals surface area contributed by atoms with Crippen LogP contribution in [0.3, 0.4) is 0 Å². The summed E-state index contributed by atoms with van der Waals surface area (Å²) < 4.78 is 75.3. The maximum atomic E-state index is 13.1. The number of hydrogen-bond acceptors (Lipinski definition) is 19. The van der Waals surface area contributed by atoms with Crippen molar-refractivity contribution < 1.29 is 148 Å². The number of nitrogens with one attached hydrogen (secondary N) is 1. The van der Waals surface area contributed by atoms with Crippen LogP contribution >= 0.6 is 71.3 Å². The van der Waals surface area contributed by atoms with Gasteiger partial charge in [-0.25, -0.2) is 28.4 Å². The van der Waals surface area contributed by atoms with Gasteiger partial charge < -0.3 is 49.3 Å². The van der Waals surface area contributed by atoms with Gasteiger partial charge >= 0.3 is 21.1 Å². The smallest absolute Gasteiger partial charge is 0.369 e. The fourth-order valence-corrected chi connectivity index (χ4v) is 10.2. The number of rotatable bonds is 20. The molecule has 0 fully saturated rings. The Morgan fingerprint density at radius 1 is 0.504 bits per heavy atom. The minimum atomic E-state index is -1.03. The molecule has 27 nitrogen and oxygen atoms in total. The second-order valence-electron chi connectivity index (χ2n) is 23.9. The van der Waals surface area contributed by atoms with Crippen molar-refractivity contribution in [3.63, 3.8) is 0 Å². The van der Waals surface area contributed by atoms with Crippen LogP contribution in [0.15, 0.2) is 216 Å². The Hall–Kier alpha value is -11.3. The van der Waals surface area contributed by atoms with E-state index in [1.807, 2.05) is 31.2 Å². The number of benzene rings is 9. The number of aliphatic carboxylic acids is 4. The number of hydrogen-bond donors (Lipinski definition) is 7. The molecule has 0 aliphatic heterocycles. The fraction of sp³-hybridized carbons (Fsp3) is 0.176. The van der Waals surface area contributed by atoms with E-state index >= 15 is 0 Å². The third-order valence-corrected chi connectivity index (χ3v) is 15.7. The van der Waals surface area contributed by atoms with Crippen LogP contribution in [-0.4, -0.2) is 138 Å². The molecule has 2 amide bonds. The topological polar surface area (TPSA) is 388 Å². The number of nitrogens with two attached hydrogens (primary N) is 1. The zero-order valence-corrected chi connectivity index (χ0v) is 73.8. The van der Waals surface area contributed by atoms with Gasteiger partial charge in [0.05, 0.1) is 75.8 Å². The van der Waals surface area contributed by atoms with Gasteiger partial charge in [-0.1, -0.05) is 7.43 Å². The summed E-state index contributed by atoms with van der Waals surface area (Å²) in [5, 5.41) is 54.8. The van der Waals surface area contributed by atoms with Crippen molar-refractivity contribution in [2.24, 2.45) is 16.0 Å². The zero-order valence-electron chi connectivity index (χ0n) is 66.8. The summed E-state index contributed by atoms with van der Waals surface area (Å²) in [6.07, 6.45) is 2.84. The number of ether oxygens (including phenoxy) is 4. The van der Waals surface area contributed by atoms with Crippen LogP contribution in [0.1, 0.15) is 112 Å². The molecule has 38 heteroatoms. The molecule has 0 radical (unpaired) electrons. The normalized spacial score (nSPS) is 9.78. The fourth-order valence-electron chi connectivity index (χ4n) is 10.2. The molecule has 8 N–H and O–H groups in total. The number of fused-ring (bicyclic) bond motifs is 2. The molecule has 2 heterocycles. The second-order valence-corrected chi connectivity index (χ2v) is 30.5. The van der Waals surface area contributed by atoms with E-state index in [1.165, 1.54) is 144 Å². The van der Waals surface area contributed by atoms with Crippen LogP contribution in [0.2, 0.25) is 0 Å². The van der Waals surface area contributed by atoms with Gasteiger partial charge in [-0.3, -0.25) is 57.7 Å². The average molecular weight is 1960 g/mol. The zero-order chi connectivity index (χ0) is 89.9. The quantitative estimate of drug-likeness (QED) is 0.00544. The molecular formula is C85H88ArBBr3Cl2F4N8O19. The van der Waals surface area contributed by atoms with E-state index in [1.54, 1.807) is 121 Å². The molecule has 2 aromatic heterocycles. The minimum Gasteiger partial charge on any atom is -0.508 e. The average Bonchev–Trinajstić information content (AvgIpc) is 1.61. The van der Waals surface area contributed by atoms with Gasteiger partial charge in [0, 0.05) is 108 Å². The van der Waals surface area contributed by atoms with Gasteiger partial charge in [0.25, 0.3) is 29.6 Å². The van der Waals surface area contributed by atoms with E-state index < -0.39 is 47.2 Å². The number of hydrazone groups is 2. The maximum Gasteiger partial charge on any atom is 0.369 e. The Balaban J connectivity index is 0.00000144. The number of methoxy groups -OCH3 is 4. The van der Waals surface area contributed by atoms with Gasteiger partial charge in [-0.2, -0.15) is 15.2 Å².